The molecule has 20 heavy (non-hydrogen) atoms. The van der Waals surface area contributed by atoms with Crippen LogP contribution in [0.1, 0.15) is 5.56 Å². The molecule has 0 saturated heterocycles. The van der Waals surface area contributed by atoms with Crippen LogP contribution in [0.2, 0.25) is 0 Å². The summed E-state index contributed by atoms with van der Waals surface area (Å²) in [6.07, 6.45) is 3.50. The number of nitrogens with one attached hydrogen (secondary N) is 1. The normalized spacial score (nSPS) is 10.9. The van der Waals surface area contributed by atoms with Gasteiger partial charge in [0.2, 0.25) is 5.88 Å². The minimum atomic E-state index is 0.534. The van der Waals surface area contributed by atoms with Crippen molar-refractivity contribution in [2.45, 2.75) is 6.54 Å². The highest BCUT2D eigenvalue weighted by Crippen LogP contribution is 2.28. The molecule has 0 fully saturated rings. The molecule has 0 aliphatic carbocycles. The zero-order chi connectivity index (χ0) is 13.9. The van der Waals surface area contributed by atoms with Gasteiger partial charge in [0.05, 0.1) is 11.8 Å². The molecule has 102 valence electrons. The summed E-state index contributed by atoms with van der Waals surface area (Å²) < 4.78 is 7.91. The fourth-order valence-electron chi connectivity index (χ4n) is 2.16. The highest BCUT2D eigenvalue weighted by Gasteiger charge is 2.10. The Morgan fingerprint density at radius 2 is 2.05 bits per heavy atom. The number of fused-ring (bicyclic) bond motifs is 1. The Balaban J connectivity index is 2.01. The standard InChI is InChI=1S/C15H16N4O/c1-16-9-11-5-3-4-6-13(11)20-15-14-12(7-8-17-15)19(2)10-18-14/h3-8,10,16H,9H2,1-2H3. The predicted molar refractivity (Wildman–Crippen MR) is 77.8 cm³/mol. The molecule has 1 aromatic carbocycles. The van der Waals surface area contributed by atoms with Crippen LogP contribution in [0.4, 0.5) is 0 Å². The number of benzene rings is 1. The summed E-state index contributed by atoms with van der Waals surface area (Å²) in [4.78, 5) is 8.65. The van der Waals surface area contributed by atoms with Crippen molar-refractivity contribution in [2.75, 3.05) is 7.05 Å². The van der Waals surface area contributed by atoms with Crippen molar-refractivity contribution in [1.29, 1.82) is 0 Å². The van der Waals surface area contributed by atoms with Crippen molar-refractivity contribution >= 4 is 11.0 Å². The lowest BCUT2D eigenvalue weighted by molar-refractivity contribution is 0.460. The lowest BCUT2D eigenvalue weighted by atomic mass is 10.2. The quantitative estimate of drug-likeness (QED) is 0.789. The van der Waals surface area contributed by atoms with Crippen LogP contribution in [-0.4, -0.2) is 21.6 Å². The number of nitrogens with zero attached hydrogens (tertiary/aromatic N) is 3. The Hall–Kier alpha value is -2.40. The van der Waals surface area contributed by atoms with Crippen LogP contribution in [0.25, 0.3) is 11.0 Å². The molecular weight excluding hydrogens is 252 g/mol. The van der Waals surface area contributed by atoms with Gasteiger partial charge < -0.3 is 14.6 Å². The molecule has 0 bridgehead atoms. The highest BCUT2D eigenvalue weighted by molar-refractivity contribution is 5.80. The van der Waals surface area contributed by atoms with Gasteiger partial charge in [0.15, 0.2) is 5.52 Å². The maximum absolute atomic E-state index is 5.96. The van der Waals surface area contributed by atoms with Crippen LogP contribution < -0.4 is 10.1 Å². The third-order valence-electron chi connectivity index (χ3n) is 3.16. The number of hydrogen-bond acceptors (Lipinski definition) is 4. The third kappa shape index (κ3) is 2.23. The zero-order valence-corrected chi connectivity index (χ0v) is 11.5. The summed E-state index contributed by atoms with van der Waals surface area (Å²) in [7, 11) is 3.86. The Kier molecular flexibility index (Phi) is 3.35. The van der Waals surface area contributed by atoms with Gasteiger partial charge in [-0.15, -0.1) is 0 Å². The van der Waals surface area contributed by atoms with Crippen molar-refractivity contribution in [1.82, 2.24) is 19.9 Å². The van der Waals surface area contributed by atoms with Crippen molar-refractivity contribution in [3.8, 4) is 11.6 Å². The summed E-state index contributed by atoms with van der Waals surface area (Å²) in [5.74, 6) is 1.33. The monoisotopic (exact) mass is 268 g/mol. The number of rotatable bonds is 4. The highest BCUT2D eigenvalue weighted by atomic mass is 16.5. The minimum Gasteiger partial charge on any atom is -0.437 e. The molecule has 0 radical (unpaired) electrons. The van der Waals surface area contributed by atoms with Gasteiger partial charge in [0.1, 0.15) is 5.75 Å². The van der Waals surface area contributed by atoms with Crippen LogP contribution in [-0.2, 0) is 13.6 Å². The first-order chi connectivity index (χ1) is 9.79. The minimum absolute atomic E-state index is 0.534. The number of aryl methyl sites for hydroxylation is 1. The molecule has 2 aromatic heterocycles. The second kappa shape index (κ2) is 5.30. The molecule has 0 aliphatic rings. The molecular formula is C15H16N4O. The zero-order valence-electron chi connectivity index (χ0n) is 11.5. The van der Waals surface area contributed by atoms with Gasteiger partial charge in [-0.05, 0) is 19.2 Å². The number of imidazole rings is 1. The number of hydrogen-bond donors (Lipinski definition) is 1. The van der Waals surface area contributed by atoms with E-state index < -0.39 is 0 Å². The van der Waals surface area contributed by atoms with Gasteiger partial charge >= 0.3 is 0 Å². The third-order valence-corrected chi connectivity index (χ3v) is 3.16. The molecule has 5 nitrogen and oxygen atoms in total. The van der Waals surface area contributed by atoms with Crippen molar-refractivity contribution in [3.63, 3.8) is 0 Å². The number of pyridine rings is 1. The van der Waals surface area contributed by atoms with E-state index in [2.05, 4.69) is 15.3 Å². The van der Waals surface area contributed by atoms with Gasteiger partial charge in [0.25, 0.3) is 0 Å². The van der Waals surface area contributed by atoms with E-state index in [1.165, 1.54) is 0 Å². The summed E-state index contributed by atoms with van der Waals surface area (Å²) in [6, 6.07) is 9.84. The van der Waals surface area contributed by atoms with Gasteiger partial charge in [-0.25, -0.2) is 9.97 Å². The molecule has 3 rings (SSSR count). The van der Waals surface area contributed by atoms with E-state index in [0.717, 1.165) is 28.9 Å². The first-order valence-electron chi connectivity index (χ1n) is 6.46. The van der Waals surface area contributed by atoms with E-state index in [-0.39, 0.29) is 0 Å². The summed E-state index contributed by atoms with van der Waals surface area (Å²) in [5, 5.41) is 3.13. The molecule has 0 amide bonds. The molecule has 3 aromatic rings. The van der Waals surface area contributed by atoms with Crippen LogP contribution in [0.5, 0.6) is 11.6 Å². The first-order valence-corrected chi connectivity index (χ1v) is 6.46. The van der Waals surface area contributed by atoms with Crippen LogP contribution in [0.15, 0.2) is 42.9 Å². The summed E-state index contributed by atoms with van der Waals surface area (Å²) >= 11 is 0. The van der Waals surface area contributed by atoms with Gasteiger partial charge in [-0.3, -0.25) is 0 Å². The molecule has 0 spiro atoms. The lowest BCUT2D eigenvalue weighted by Gasteiger charge is -2.10. The Labute approximate surface area is 117 Å². The lowest BCUT2D eigenvalue weighted by Crippen LogP contribution is -2.06. The fraction of sp³-hybridized carbons (Fsp3) is 0.200. The second-order valence-electron chi connectivity index (χ2n) is 4.58. The number of para-hydroxylation sites is 1. The van der Waals surface area contributed by atoms with E-state index in [1.54, 1.807) is 12.5 Å². The number of aromatic nitrogens is 3. The van der Waals surface area contributed by atoms with Gasteiger partial charge in [0, 0.05) is 25.4 Å². The van der Waals surface area contributed by atoms with Crippen molar-refractivity contribution < 1.29 is 4.74 Å². The van der Waals surface area contributed by atoms with E-state index >= 15 is 0 Å². The first kappa shape index (κ1) is 12.6. The molecule has 5 heteroatoms. The largest absolute Gasteiger partial charge is 0.437 e. The Morgan fingerprint density at radius 3 is 2.90 bits per heavy atom. The number of ether oxygens (including phenoxy) is 1. The van der Waals surface area contributed by atoms with E-state index in [9.17, 15) is 0 Å². The Bertz CT molecular complexity index is 736. The van der Waals surface area contributed by atoms with E-state index in [4.69, 9.17) is 4.74 Å². The van der Waals surface area contributed by atoms with Crippen molar-refractivity contribution in [2.24, 2.45) is 7.05 Å². The van der Waals surface area contributed by atoms with Crippen LogP contribution in [0.3, 0.4) is 0 Å². The predicted octanol–water partition coefficient (Wildman–Crippen LogP) is 2.48. The smallest absolute Gasteiger partial charge is 0.247 e. The van der Waals surface area contributed by atoms with Gasteiger partial charge in [-0.2, -0.15) is 0 Å². The molecule has 0 aliphatic heterocycles. The maximum Gasteiger partial charge on any atom is 0.247 e. The van der Waals surface area contributed by atoms with E-state index in [0.29, 0.717) is 5.88 Å². The molecule has 0 saturated carbocycles. The second-order valence-corrected chi connectivity index (χ2v) is 4.58. The average molecular weight is 268 g/mol. The van der Waals surface area contributed by atoms with Crippen LogP contribution >= 0.6 is 0 Å². The molecule has 0 atom stereocenters. The van der Waals surface area contributed by atoms with E-state index in [1.807, 2.05) is 49.0 Å². The SMILES string of the molecule is CNCc1ccccc1Oc1nccc2c1ncn2C. The maximum atomic E-state index is 5.96. The van der Waals surface area contributed by atoms with Crippen LogP contribution in [0, 0.1) is 0 Å². The molecule has 1 N–H and O–H groups in total. The molecule has 2 heterocycles. The van der Waals surface area contributed by atoms with Crippen molar-refractivity contribution in [3.05, 3.63) is 48.4 Å². The summed E-state index contributed by atoms with van der Waals surface area (Å²) in [5.41, 5.74) is 2.86. The topological polar surface area (TPSA) is 52.0 Å². The Morgan fingerprint density at radius 1 is 1.20 bits per heavy atom. The summed E-state index contributed by atoms with van der Waals surface area (Å²) in [6.45, 7) is 0.744. The average Bonchev–Trinajstić information content (AvgIpc) is 2.84. The van der Waals surface area contributed by atoms with Gasteiger partial charge in [-0.1, -0.05) is 18.2 Å². The fourth-order valence-corrected chi connectivity index (χ4v) is 2.16. The molecule has 0 unspecified atom stereocenters.